The van der Waals surface area contributed by atoms with Crippen LogP contribution in [0.2, 0.25) is 0 Å². The fourth-order valence-electron chi connectivity index (χ4n) is 2.75. The molecule has 0 saturated carbocycles. The molecule has 2 rings (SSSR count). The number of hydrogen-bond acceptors (Lipinski definition) is 3. The molecular weight excluding hydrogens is 176 g/mol. The number of aliphatic hydroxyl groups excluding tert-OH is 1. The summed E-state index contributed by atoms with van der Waals surface area (Å²) in [4.78, 5) is 2.43. The van der Waals surface area contributed by atoms with Crippen LogP contribution in [0.5, 0.6) is 0 Å². The van der Waals surface area contributed by atoms with E-state index in [1.807, 2.05) is 6.92 Å². The molecule has 2 fully saturated rings. The minimum absolute atomic E-state index is 0.125. The van der Waals surface area contributed by atoms with E-state index in [-0.39, 0.29) is 6.10 Å². The minimum Gasteiger partial charge on any atom is -0.392 e. The molecular formula is C11H22N2O. The van der Waals surface area contributed by atoms with Crippen LogP contribution in [-0.2, 0) is 0 Å². The van der Waals surface area contributed by atoms with Crippen molar-refractivity contribution in [1.82, 2.24) is 10.2 Å². The number of rotatable bonds is 3. The molecule has 2 heterocycles. The maximum Gasteiger partial charge on any atom is 0.0664 e. The normalized spacial score (nSPS) is 35.6. The van der Waals surface area contributed by atoms with Crippen LogP contribution in [0.3, 0.4) is 0 Å². The highest BCUT2D eigenvalue weighted by Gasteiger charge is 2.40. The maximum absolute atomic E-state index is 9.59. The molecule has 3 nitrogen and oxygen atoms in total. The topological polar surface area (TPSA) is 35.5 Å². The second kappa shape index (κ2) is 4.17. The number of nitrogens with one attached hydrogen (secondary N) is 1. The van der Waals surface area contributed by atoms with E-state index in [1.165, 1.54) is 39.0 Å². The third-order valence-corrected chi connectivity index (χ3v) is 3.79. The predicted molar refractivity (Wildman–Crippen MR) is 57.3 cm³/mol. The molecule has 0 aromatic rings. The van der Waals surface area contributed by atoms with Gasteiger partial charge in [-0.15, -0.1) is 0 Å². The molecule has 2 atom stereocenters. The Kier molecular flexibility index (Phi) is 3.10. The van der Waals surface area contributed by atoms with Crippen LogP contribution in [0.1, 0.15) is 26.2 Å². The van der Waals surface area contributed by atoms with Crippen molar-refractivity contribution in [3.05, 3.63) is 0 Å². The average molecular weight is 198 g/mol. The SMILES string of the molecule is CCC(O)CN1CCC2(CCNC2)C1. The molecule has 2 aliphatic rings. The molecule has 0 amide bonds. The molecule has 0 radical (unpaired) electrons. The Balaban J connectivity index is 1.82. The highest BCUT2D eigenvalue weighted by molar-refractivity contribution is 4.95. The summed E-state index contributed by atoms with van der Waals surface area (Å²) in [6, 6.07) is 0. The molecule has 0 aliphatic carbocycles. The largest absolute Gasteiger partial charge is 0.392 e. The summed E-state index contributed by atoms with van der Waals surface area (Å²) >= 11 is 0. The zero-order valence-electron chi connectivity index (χ0n) is 9.13. The number of β-amino-alcohol motifs (C(OH)–C–C–N with tert-alkyl or cyclic N) is 1. The first-order valence-corrected chi connectivity index (χ1v) is 5.85. The third-order valence-electron chi connectivity index (χ3n) is 3.79. The van der Waals surface area contributed by atoms with Gasteiger partial charge in [-0.1, -0.05) is 6.92 Å². The number of likely N-dealkylation sites (tertiary alicyclic amines) is 1. The lowest BCUT2D eigenvalue weighted by Gasteiger charge is -2.24. The lowest BCUT2D eigenvalue weighted by molar-refractivity contribution is 0.115. The highest BCUT2D eigenvalue weighted by atomic mass is 16.3. The molecule has 14 heavy (non-hydrogen) atoms. The van der Waals surface area contributed by atoms with E-state index >= 15 is 0 Å². The zero-order valence-corrected chi connectivity index (χ0v) is 9.13. The monoisotopic (exact) mass is 198 g/mol. The molecule has 0 bridgehead atoms. The minimum atomic E-state index is -0.125. The summed E-state index contributed by atoms with van der Waals surface area (Å²) in [5, 5.41) is 13.0. The van der Waals surface area contributed by atoms with Gasteiger partial charge < -0.3 is 15.3 Å². The fraction of sp³-hybridized carbons (Fsp3) is 1.00. The third kappa shape index (κ3) is 2.10. The van der Waals surface area contributed by atoms with Gasteiger partial charge in [-0.3, -0.25) is 0 Å². The van der Waals surface area contributed by atoms with E-state index < -0.39 is 0 Å². The van der Waals surface area contributed by atoms with Gasteiger partial charge in [0.2, 0.25) is 0 Å². The highest BCUT2D eigenvalue weighted by Crippen LogP contribution is 2.35. The van der Waals surface area contributed by atoms with Crippen LogP contribution in [0.15, 0.2) is 0 Å². The average Bonchev–Trinajstić information content (AvgIpc) is 2.78. The zero-order chi connectivity index (χ0) is 10.0. The second-order valence-electron chi connectivity index (χ2n) is 4.97. The van der Waals surface area contributed by atoms with Gasteiger partial charge in [0.15, 0.2) is 0 Å². The van der Waals surface area contributed by atoms with Gasteiger partial charge in [-0.05, 0) is 37.8 Å². The molecule has 2 unspecified atom stereocenters. The first-order chi connectivity index (χ1) is 6.74. The van der Waals surface area contributed by atoms with Crippen LogP contribution in [0.4, 0.5) is 0 Å². The van der Waals surface area contributed by atoms with Crippen LogP contribution in [0.25, 0.3) is 0 Å². The summed E-state index contributed by atoms with van der Waals surface area (Å²) in [6.07, 6.45) is 3.39. The summed E-state index contributed by atoms with van der Waals surface area (Å²) in [7, 11) is 0. The quantitative estimate of drug-likeness (QED) is 0.691. The molecule has 2 aliphatic heterocycles. The molecule has 82 valence electrons. The Labute approximate surface area is 86.5 Å². The van der Waals surface area contributed by atoms with Crippen molar-refractivity contribution >= 4 is 0 Å². The predicted octanol–water partition coefficient (Wildman–Crippen LogP) is 0.443. The maximum atomic E-state index is 9.59. The van der Waals surface area contributed by atoms with Crippen molar-refractivity contribution in [3.63, 3.8) is 0 Å². The summed E-state index contributed by atoms with van der Waals surface area (Å²) in [5.74, 6) is 0. The van der Waals surface area contributed by atoms with Gasteiger partial charge >= 0.3 is 0 Å². The van der Waals surface area contributed by atoms with Crippen molar-refractivity contribution in [1.29, 1.82) is 0 Å². The molecule has 0 aromatic heterocycles. The van der Waals surface area contributed by atoms with E-state index in [0.717, 1.165) is 13.0 Å². The van der Waals surface area contributed by atoms with Gasteiger partial charge in [-0.25, -0.2) is 0 Å². The van der Waals surface area contributed by atoms with Crippen molar-refractivity contribution in [2.75, 3.05) is 32.7 Å². The first-order valence-electron chi connectivity index (χ1n) is 5.85. The van der Waals surface area contributed by atoms with E-state index in [1.54, 1.807) is 0 Å². The van der Waals surface area contributed by atoms with Crippen LogP contribution < -0.4 is 5.32 Å². The van der Waals surface area contributed by atoms with Crippen molar-refractivity contribution in [3.8, 4) is 0 Å². The van der Waals surface area contributed by atoms with Crippen LogP contribution in [-0.4, -0.2) is 48.8 Å². The Morgan fingerprint density at radius 1 is 1.50 bits per heavy atom. The van der Waals surface area contributed by atoms with Gasteiger partial charge in [0.1, 0.15) is 0 Å². The second-order valence-corrected chi connectivity index (χ2v) is 4.97. The van der Waals surface area contributed by atoms with Gasteiger partial charge in [0, 0.05) is 19.6 Å². The Bertz CT molecular complexity index is 190. The van der Waals surface area contributed by atoms with Gasteiger partial charge in [0.05, 0.1) is 6.10 Å². The van der Waals surface area contributed by atoms with Crippen LogP contribution in [0, 0.1) is 5.41 Å². The van der Waals surface area contributed by atoms with Crippen molar-refractivity contribution in [2.24, 2.45) is 5.41 Å². The first kappa shape index (κ1) is 10.4. The standard InChI is InChI=1S/C11H22N2O/c1-2-10(14)7-13-6-4-11(9-13)3-5-12-8-11/h10,12,14H,2-9H2,1H3. The van der Waals surface area contributed by atoms with E-state index in [9.17, 15) is 5.11 Å². The van der Waals surface area contributed by atoms with Gasteiger partial charge in [0.25, 0.3) is 0 Å². The Morgan fingerprint density at radius 3 is 3.00 bits per heavy atom. The van der Waals surface area contributed by atoms with Crippen LogP contribution >= 0.6 is 0 Å². The van der Waals surface area contributed by atoms with Gasteiger partial charge in [-0.2, -0.15) is 0 Å². The number of aliphatic hydroxyl groups is 1. The smallest absolute Gasteiger partial charge is 0.0664 e. The fourth-order valence-corrected chi connectivity index (χ4v) is 2.75. The summed E-state index contributed by atoms with van der Waals surface area (Å²) in [5.41, 5.74) is 0.549. The number of nitrogens with zero attached hydrogens (tertiary/aromatic N) is 1. The van der Waals surface area contributed by atoms with E-state index in [4.69, 9.17) is 0 Å². The van der Waals surface area contributed by atoms with E-state index in [2.05, 4.69) is 10.2 Å². The Morgan fingerprint density at radius 2 is 2.36 bits per heavy atom. The molecule has 1 spiro atoms. The summed E-state index contributed by atoms with van der Waals surface area (Å²) in [6.45, 7) is 7.66. The molecule has 2 N–H and O–H groups in total. The lowest BCUT2D eigenvalue weighted by atomic mass is 9.87. The van der Waals surface area contributed by atoms with E-state index in [0.29, 0.717) is 5.41 Å². The lowest BCUT2D eigenvalue weighted by Crippen LogP contribution is -2.33. The summed E-state index contributed by atoms with van der Waals surface area (Å²) < 4.78 is 0. The number of hydrogen-bond donors (Lipinski definition) is 2. The Hall–Kier alpha value is -0.120. The molecule has 0 aromatic carbocycles. The van der Waals surface area contributed by atoms with Crippen molar-refractivity contribution < 1.29 is 5.11 Å². The van der Waals surface area contributed by atoms with Crippen molar-refractivity contribution in [2.45, 2.75) is 32.3 Å². The molecule has 3 heteroatoms. The molecule has 2 saturated heterocycles.